The summed E-state index contributed by atoms with van der Waals surface area (Å²) in [4.78, 5) is 22.2. The zero-order valence-corrected chi connectivity index (χ0v) is 8.59. The van der Waals surface area contributed by atoms with Crippen LogP contribution in [0, 0.1) is 0 Å². The summed E-state index contributed by atoms with van der Waals surface area (Å²) < 4.78 is 0. The average molecular weight is 199 g/mol. The molecule has 2 amide bonds. The highest BCUT2D eigenvalue weighted by molar-refractivity contribution is 5.90. The van der Waals surface area contributed by atoms with E-state index in [2.05, 4.69) is 10.6 Å². The van der Waals surface area contributed by atoms with Crippen LogP contribution >= 0.6 is 0 Å². The molecule has 0 unspecified atom stereocenters. The zero-order chi connectivity index (χ0) is 10.8. The number of hydrogen-bond acceptors (Lipinski definition) is 3. The van der Waals surface area contributed by atoms with E-state index in [4.69, 9.17) is 5.73 Å². The zero-order valence-electron chi connectivity index (χ0n) is 8.59. The van der Waals surface area contributed by atoms with Gasteiger partial charge in [-0.2, -0.15) is 0 Å². The lowest BCUT2D eigenvalue weighted by atomic mass is 10.1. The molecule has 1 aliphatic carbocycles. The molecule has 0 radical (unpaired) electrons. The second kappa shape index (κ2) is 3.96. The number of nitrogens with one attached hydrogen (secondary N) is 2. The lowest BCUT2D eigenvalue weighted by Gasteiger charge is -2.22. The minimum absolute atomic E-state index is 0.194. The van der Waals surface area contributed by atoms with Gasteiger partial charge in [0, 0.05) is 6.04 Å². The summed E-state index contributed by atoms with van der Waals surface area (Å²) in [6, 6.07) is 0.484. The van der Waals surface area contributed by atoms with Gasteiger partial charge in [0.15, 0.2) is 0 Å². The molecule has 0 bridgehead atoms. The molecule has 0 aromatic carbocycles. The van der Waals surface area contributed by atoms with Crippen LogP contribution in [0.25, 0.3) is 0 Å². The van der Waals surface area contributed by atoms with Crippen molar-refractivity contribution >= 4 is 11.8 Å². The average Bonchev–Trinajstić information content (AvgIpc) is 2.82. The maximum absolute atomic E-state index is 11.3. The van der Waals surface area contributed by atoms with E-state index in [0.29, 0.717) is 6.04 Å². The summed E-state index contributed by atoms with van der Waals surface area (Å²) in [5, 5.41) is 5.62. The van der Waals surface area contributed by atoms with Gasteiger partial charge >= 0.3 is 0 Å². The third-order valence-corrected chi connectivity index (χ3v) is 2.20. The Kier molecular flexibility index (Phi) is 3.10. The van der Waals surface area contributed by atoms with Crippen molar-refractivity contribution in [3.63, 3.8) is 0 Å². The molecule has 14 heavy (non-hydrogen) atoms. The number of nitrogens with two attached hydrogens (primary N) is 1. The number of carbonyl (C=O) groups excluding carboxylic acids is 2. The van der Waals surface area contributed by atoms with E-state index in [1.54, 1.807) is 13.8 Å². The van der Waals surface area contributed by atoms with Crippen molar-refractivity contribution in [2.24, 2.45) is 5.73 Å². The quantitative estimate of drug-likeness (QED) is 0.537. The van der Waals surface area contributed by atoms with Gasteiger partial charge < -0.3 is 16.4 Å². The summed E-state index contributed by atoms with van der Waals surface area (Å²) in [5.74, 6) is -0.724. The van der Waals surface area contributed by atoms with Crippen LogP contribution in [-0.2, 0) is 9.59 Å². The Morgan fingerprint density at radius 2 is 2.00 bits per heavy atom. The topological polar surface area (TPSA) is 84.2 Å². The maximum atomic E-state index is 11.3. The van der Waals surface area contributed by atoms with E-state index in [9.17, 15) is 9.59 Å². The Bertz CT molecular complexity index is 246. The van der Waals surface area contributed by atoms with Crippen molar-refractivity contribution in [3.8, 4) is 0 Å². The first kappa shape index (κ1) is 11.0. The minimum atomic E-state index is -0.970. The van der Waals surface area contributed by atoms with Crippen LogP contribution in [0.5, 0.6) is 0 Å². The predicted molar refractivity (Wildman–Crippen MR) is 52.4 cm³/mol. The molecule has 1 fully saturated rings. The highest BCUT2D eigenvalue weighted by atomic mass is 16.2. The highest BCUT2D eigenvalue weighted by Gasteiger charge is 2.27. The largest absolute Gasteiger partial charge is 0.368 e. The molecule has 5 nitrogen and oxygen atoms in total. The normalized spacial score (nSPS) is 16.4. The van der Waals surface area contributed by atoms with E-state index in [-0.39, 0.29) is 12.5 Å². The number of rotatable bonds is 5. The molecule has 1 rings (SSSR count). The van der Waals surface area contributed by atoms with E-state index >= 15 is 0 Å². The maximum Gasteiger partial charge on any atom is 0.242 e. The Balaban J connectivity index is 2.27. The fourth-order valence-corrected chi connectivity index (χ4v) is 0.979. The molecule has 0 heterocycles. The summed E-state index contributed by atoms with van der Waals surface area (Å²) in [6.45, 7) is 3.43. The standard InChI is InChI=1S/C9H17N3O2/c1-9(2,8(10)14)12-7(13)5-11-6-3-4-6/h6,11H,3-5H2,1-2H3,(H2,10,14)(H,12,13). The molecule has 0 aliphatic heterocycles. The van der Waals surface area contributed by atoms with E-state index < -0.39 is 11.4 Å². The van der Waals surface area contributed by atoms with Crippen LogP contribution in [-0.4, -0.2) is 29.9 Å². The van der Waals surface area contributed by atoms with Crippen molar-refractivity contribution < 1.29 is 9.59 Å². The molecular weight excluding hydrogens is 182 g/mol. The first-order chi connectivity index (χ1) is 6.42. The molecule has 1 aliphatic rings. The number of primary amides is 1. The third-order valence-electron chi connectivity index (χ3n) is 2.20. The van der Waals surface area contributed by atoms with E-state index in [1.165, 1.54) is 0 Å². The number of hydrogen-bond donors (Lipinski definition) is 3. The van der Waals surface area contributed by atoms with Crippen molar-refractivity contribution in [1.82, 2.24) is 10.6 Å². The molecule has 0 saturated heterocycles. The van der Waals surface area contributed by atoms with E-state index in [0.717, 1.165) is 12.8 Å². The summed E-state index contributed by atoms with van der Waals surface area (Å²) in [5.41, 5.74) is 4.14. The van der Waals surface area contributed by atoms with E-state index in [1.807, 2.05) is 0 Å². The van der Waals surface area contributed by atoms with Crippen LogP contribution in [0.2, 0.25) is 0 Å². The van der Waals surface area contributed by atoms with Gasteiger partial charge in [0.1, 0.15) is 5.54 Å². The SMILES string of the molecule is CC(C)(NC(=O)CNC1CC1)C(N)=O. The second-order valence-corrected chi connectivity index (χ2v) is 4.19. The molecule has 0 aromatic rings. The van der Waals surface area contributed by atoms with Crippen molar-refractivity contribution in [1.29, 1.82) is 0 Å². The molecule has 1 saturated carbocycles. The molecule has 0 aromatic heterocycles. The van der Waals surface area contributed by atoms with Crippen molar-refractivity contribution in [2.45, 2.75) is 38.3 Å². The van der Waals surface area contributed by atoms with Gasteiger partial charge in [-0.25, -0.2) is 0 Å². The van der Waals surface area contributed by atoms with Crippen LogP contribution < -0.4 is 16.4 Å². The van der Waals surface area contributed by atoms with Gasteiger partial charge in [-0.3, -0.25) is 9.59 Å². The smallest absolute Gasteiger partial charge is 0.242 e. The Labute approximate surface area is 83.4 Å². The summed E-state index contributed by atoms with van der Waals surface area (Å²) in [7, 11) is 0. The van der Waals surface area contributed by atoms with Crippen molar-refractivity contribution in [3.05, 3.63) is 0 Å². The summed E-state index contributed by atoms with van der Waals surface area (Å²) >= 11 is 0. The monoisotopic (exact) mass is 199 g/mol. The molecule has 5 heteroatoms. The number of carbonyl (C=O) groups is 2. The summed E-state index contributed by atoms with van der Waals surface area (Å²) in [6.07, 6.45) is 2.26. The Morgan fingerprint density at radius 1 is 1.43 bits per heavy atom. The molecule has 0 atom stereocenters. The third kappa shape index (κ3) is 3.33. The fourth-order valence-electron chi connectivity index (χ4n) is 0.979. The first-order valence-corrected chi connectivity index (χ1v) is 4.76. The van der Waals surface area contributed by atoms with Gasteiger partial charge in [-0.05, 0) is 26.7 Å². The lowest BCUT2D eigenvalue weighted by molar-refractivity contribution is -0.129. The predicted octanol–water partition coefficient (Wildman–Crippen LogP) is -0.881. The fraction of sp³-hybridized carbons (Fsp3) is 0.778. The molecule has 4 N–H and O–H groups in total. The first-order valence-electron chi connectivity index (χ1n) is 4.76. The van der Waals surface area contributed by atoms with Crippen molar-refractivity contribution in [2.75, 3.05) is 6.54 Å². The van der Waals surface area contributed by atoms with Gasteiger partial charge in [0.2, 0.25) is 11.8 Å². The molecular formula is C9H17N3O2. The molecule has 80 valence electrons. The van der Waals surface area contributed by atoms with Crippen LogP contribution in [0.1, 0.15) is 26.7 Å². The van der Waals surface area contributed by atoms with Gasteiger partial charge in [-0.15, -0.1) is 0 Å². The lowest BCUT2D eigenvalue weighted by Crippen LogP contribution is -2.54. The van der Waals surface area contributed by atoms with Crippen LogP contribution in [0.15, 0.2) is 0 Å². The van der Waals surface area contributed by atoms with Gasteiger partial charge in [0.05, 0.1) is 6.54 Å². The Morgan fingerprint density at radius 3 is 2.43 bits per heavy atom. The second-order valence-electron chi connectivity index (χ2n) is 4.19. The van der Waals surface area contributed by atoms with Crippen LogP contribution in [0.3, 0.4) is 0 Å². The highest BCUT2D eigenvalue weighted by Crippen LogP contribution is 2.17. The Hall–Kier alpha value is -1.10. The minimum Gasteiger partial charge on any atom is -0.368 e. The van der Waals surface area contributed by atoms with Crippen LogP contribution in [0.4, 0.5) is 0 Å². The molecule has 0 spiro atoms. The van der Waals surface area contributed by atoms with Gasteiger partial charge in [-0.1, -0.05) is 0 Å². The van der Waals surface area contributed by atoms with Gasteiger partial charge in [0.25, 0.3) is 0 Å². The number of amides is 2.